The van der Waals surface area contributed by atoms with Gasteiger partial charge in [0.1, 0.15) is 18.0 Å². The van der Waals surface area contributed by atoms with Crippen molar-refractivity contribution in [1.82, 2.24) is 4.90 Å². The summed E-state index contributed by atoms with van der Waals surface area (Å²) < 4.78 is 11.4. The molecule has 0 saturated heterocycles. The fourth-order valence-electron chi connectivity index (χ4n) is 2.89. The molecule has 5 heteroatoms. The Morgan fingerprint density at radius 2 is 2.12 bits per heavy atom. The number of fused-ring (bicyclic) bond motifs is 1. The van der Waals surface area contributed by atoms with Gasteiger partial charge in [-0.25, -0.2) is 4.79 Å². The Hall–Kier alpha value is -1.75. The molecule has 0 bridgehead atoms. The van der Waals surface area contributed by atoms with Gasteiger partial charge in [0.25, 0.3) is 0 Å². The Bertz CT molecular complexity index is 566. The largest absolute Gasteiger partial charge is 0.491 e. The predicted molar refractivity (Wildman–Crippen MR) is 95.4 cm³/mol. The van der Waals surface area contributed by atoms with Crippen LogP contribution in [-0.4, -0.2) is 42.3 Å². The molecule has 1 amide bonds. The van der Waals surface area contributed by atoms with Crippen LogP contribution in [0.2, 0.25) is 0 Å². The number of nitrogens with two attached hydrogens (primary N) is 1. The van der Waals surface area contributed by atoms with Crippen LogP contribution in [0.15, 0.2) is 18.2 Å². The van der Waals surface area contributed by atoms with Gasteiger partial charge in [0.2, 0.25) is 0 Å². The van der Waals surface area contributed by atoms with E-state index in [1.165, 1.54) is 11.1 Å². The third-order valence-corrected chi connectivity index (χ3v) is 4.13. The molecule has 2 N–H and O–H groups in total. The van der Waals surface area contributed by atoms with E-state index in [-0.39, 0.29) is 12.1 Å². The highest BCUT2D eigenvalue weighted by Crippen LogP contribution is 2.29. The molecule has 5 nitrogen and oxygen atoms in total. The highest BCUT2D eigenvalue weighted by molar-refractivity contribution is 5.68. The number of benzene rings is 1. The van der Waals surface area contributed by atoms with Crippen molar-refractivity contribution in [3.8, 4) is 5.75 Å². The lowest BCUT2D eigenvalue weighted by Crippen LogP contribution is -2.39. The molecule has 2 rings (SSSR count). The van der Waals surface area contributed by atoms with Crippen LogP contribution < -0.4 is 10.5 Å². The van der Waals surface area contributed by atoms with Crippen molar-refractivity contribution >= 4 is 6.09 Å². The first-order valence-electron chi connectivity index (χ1n) is 8.77. The van der Waals surface area contributed by atoms with Crippen molar-refractivity contribution in [2.45, 2.75) is 58.6 Å². The molecule has 1 atom stereocenters. The Kier molecular flexibility index (Phi) is 6.10. The summed E-state index contributed by atoms with van der Waals surface area (Å²) in [5.74, 6) is 0.892. The first-order chi connectivity index (χ1) is 11.3. The van der Waals surface area contributed by atoms with E-state index >= 15 is 0 Å². The number of amides is 1. The Morgan fingerprint density at radius 1 is 1.38 bits per heavy atom. The summed E-state index contributed by atoms with van der Waals surface area (Å²) in [6.45, 7) is 9.08. The van der Waals surface area contributed by atoms with Gasteiger partial charge in [0.15, 0.2) is 0 Å². The van der Waals surface area contributed by atoms with Crippen molar-refractivity contribution < 1.29 is 14.3 Å². The van der Waals surface area contributed by atoms with E-state index in [0.29, 0.717) is 19.7 Å². The molecule has 1 aromatic carbocycles. The lowest BCUT2D eigenvalue weighted by atomic mass is 9.88. The highest BCUT2D eigenvalue weighted by atomic mass is 16.6. The number of nitrogens with zero attached hydrogens (tertiary/aromatic N) is 1. The summed E-state index contributed by atoms with van der Waals surface area (Å²) >= 11 is 0. The van der Waals surface area contributed by atoms with E-state index in [2.05, 4.69) is 6.07 Å². The van der Waals surface area contributed by atoms with Gasteiger partial charge in [-0.2, -0.15) is 0 Å². The maximum atomic E-state index is 12.1. The third-order valence-electron chi connectivity index (χ3n) is 4.13. The van der Waals surface area contributed by atoms with Gasteiger partial charge in [-0.05, 0) is 64.2 Å². The van der Waals surface area contributed by atoms with Gasteiger partial charge in [-0.15, -0.1) is 0 Å². The monoisotopic (exact) mass is 334 g/mol. The van der Waals surface area contributed by atoms with Crippen LogP contribution in [0, 0.1) is 0 Å². The summed E-state index contributed by atoms with van der Waals surface area (Å²) in [5.41, 5.74) is 8.15. The van der Waals surface area contributed by atoms with Crippen LogP contribution >= 0.6 is 0 Å². The molecule has 0 fully saturated rings. The van der Waals surface area contributed by atoms with Gasteiger partial charge in [-0.1, -0.05) is 12.1 Å². The van der Waals surface area contributed by atoms with Crippen LogP contribution in [-0.2, 0) is 17.6 Å². The van der Waals surface area contributed by atoms with Crippen molar-refractivity contribution in [3.63, 3.8) is 0 Å². The lowest BCUT2D eigenvalue weighted by Gasteiger charge is -2.27. The topological polar surface area (TPSA) is 64.8 Å². The van der Waals surface area contributed by atoms with E-state index in [1.54, 1.807) is 4.90 Å². The van der Waals surface area contributed by atoms with E-state index in [4.69, 9.17) is 15.2 Å². The highest BCUT2D eigenvalue weighted by Gasteiger charge is 2.22. The fraction of sp³-hybridized carbons (Fsp3) is 0.632. The van der Waals surface area contributed by atoms with Crippen LogP contribution in [0.5, 0.6) is 5.75 Å². The van der Waals surface area contributed by atoms with Crippen LogP contribution in [0.4, 0.5) is 4.79 Å². The van der Waals surface area contributed by atoms with E-state index in [1.807, 2.05) is 39.8 Å². The van der Waals surface area contributed by atoms with E-state index in [9.17, 15) is 4.79 Å². The number of hydrogen-bond acceptors (Lipinski definition) is 4. The Balaban J connectivity index is 1.93. The SMILES string of the molecule is CCN(CCOc1cccc2c1C[C@H](N)CC2)C(=O)OC(C)(C)C. The van der Waals surface area contributed by atoms with Crippen molar-refractivity contribution in [1.29, 1.82) is 0 Å². The number of carbonyl (C=O) groups is 1. The molecular formula is C19H30N2O3. The van der Waals surface area contributed by atoms with Gasteiger partial charge in [0, 0.05) is 12.6 Å². The zero-order chi connectivity index (χ0) is 17.7. The summed E-state index contributed by atoms with van der Waals surface area (Å²) in [5, 5.41) is 0. The molecule has 0 radical (unpaired) electrons. The molecule has 1 aromatic rings. The zero-order valence-electron chi connectivity index (χ0n) is 15.3. The molecular weight excluding hydrogens is 304 g/mol. The fourth-order valence-corrected chi connectivity index (χ4v) is 2.89. The predicted octanol–water partition coefficient (Wildman–Crippen LogP) is 3.14. The summed E-state index contributed by atoms with van der Waals surface area (Å²) in [6, 6.07) is 6.36. The summed E-state index contributed by atoms with van der Waals surface area (Å²) in [4.78, 5) is 13.8. The van der Waals surface area contributed by atoms with E-state index in [0.717, 1.165) is 25.0 Å². The molecule has 134 valence electrons. The molecule has 1 aliphatic rings. The van der Waals surface area contributed by atoms with Gasteiger partial charge >= 0.3 is 6.09 Å². The van der Waals surface area contributed by atoms with Crippen LogP contribution in [0.3, 0.4) is 0 Å². The maximum Gasteiger partial charge on any atom is 0.410 e. The maximum absolute atomic E-state index is 12.1. The number of rotatable bonds is 5. The quantitative estimate of drug-likeness (QED) is 0.898. The second-order valence-corrected chi connectivity index (χ2v) is 7.31. The van der Waals surface area contributed by atoms with Crippen molar-refractivity contribution in [2.24, 2.45) is 5.73 Å². The van der Waals surface area contributed by atoms with Gasteiger partial charge in [-0.3, -0.25) is 0 Å². The third kappa shape index (κ3) is 5.13. The average molecular weight is 334 g/mol. The number of likely N-dealkylation sites (N-methyl/N-ethyl adjacent to an activating group) is 1. The molecule has 0 spiro atoms. The molecule has 0 unspecified atom stereocenters. The minimum atomic E-state index is -0.486. The lowest BCUT2D eigenvalue weighted by molar-refractivity contribution is 0.0237. The standard InChI is InChI=1S/C19H30N2O3/c1-5-21(18(22)24-19(2,3)4)11-12-23-17-8-6-7-14-9-10-15(20)13-16(14)17/h6-8,15H,5,9-13,20H2,1-4H3/t15-/m1/s1. The summed E-state index contributed by atoms with van der Waals surface area (Å²) in [6.07, 6.45) is 2.59. The van der Waals surface area contributed by atoms with Crippen LogP contribution in [0.1, 0.15) is 45.2 Å². The van der Waals surface area contributed by atoms with Crippen molar-refractivity contribution in [3.05, 3.63) is 29.3 Å². The smallest absolute Gasteiger partial charge is 0.410 e. The normalized spacial score (nSPS) is 17.1. The Morgan fingerprint density at radius 3 is 2.79 bits per heavy atom. The minimum Gasteiger partial charge on any atom is -0.491 e. The Labute approximate surface area is 145 Å². The zero-order valence-corrected chi connectivity index (χ0v) is 15.3. The molecule has 24 heavy (non-hydrogen) atoms. The summed E-state index contributed by atoms with van der Waals surface area (Å²) in [7, 11) is 0. The molecule has 1 aliphatic carbocycles. The van der Waals surface area contributed by atoms with E-state index < -0.39 is 5.60 Å². The number of carbonyl (C=O) groups excluding carboxylic acids is 1. The first kappa shape index (κ1) is 18.6. The van der Waals surface area contributed by atoms with Gasteiger partial charge < -0.3 is 20.1 Å². The second-order valence-electron chi connectivity index (χ2n) is 7.31. The number of hydrogen-bond donors (Lipinski definition) is 1. The molecule has 0 heterocycles. The molecule has 0 aliphatic heterocycles. The number of ether oxygens (including phenoxy) is 2. The average Bonchev–Trinajstić information content (AvgIpc) is 2.50. The van der Waals surface area contributed by atoms with Crippen LogP contribution in [0.25, 0.3) is 0 Å². The molecule has 0 saturated carbocycles. The van der Waals surface area contributed by atoms with Crippen molar-refractivity contribution in [2.75, 3.05) is 19.7 Å². The minimum absolute atomic E-state index is 0.205. The number of aryl methyl sites for hydroxylation is 1. The first-order valence-corrected chi connectivity index (χ1v) is 8.77. The molecule has 0 aromatic heterocycles. The van der Waals surface area contributed by atoms with Gasteiger partial charge in [0.05, 0.1) is 6.54 Å². The second kappa shape index (κ2) is 7.88.